The monoisotopic (exact) mass is 381 g/mol. The highest BCUT2D eigenvalue weighted by molar-refractivity contribution is 6.03. The maximum absolute atomic E-state index is 13.5. The molecule has 0 saturated heterocycles. The number of imidazole rings is 1. The van der Waals surface area contributed by atoms with Crippen LogP contribution in [0.2, 0.25) is 0 Å². The molecule has 0 bridgehead atoms. The molecule has 3 aromatic rings. The van der Waals surface area contributed by atoms with Crippen LogP contribution < -0.4 is 5.32 Å². The molecular formula is C21H17F2N3O2. The summed E-state index contributed by atoms with van der Waals surface area (Å²) in [7, 11) is 0. The minimum absolute atomic E-state index is 0.0299. The molecule has 1 aliphatic heterocycles. The highest BCUT2D eigenvalue weighted by Gasteiger charge is 2.21. The third kappa shape index (κ3) is 3.31. The van der Waals surface area contributed by atoms with E-state index in [9.17, 15) is 18.4 Å². The van der Waals surface area contributed by atoms with Crippen LogP contribution in [0.15, 0.2) is 42.6 Å². The number of halogens is 2. The molecule has 1 aromatic heterocycles. The van der Waals surface area contributed by atoms with Gasteiger partial charge < -0.3 is 9.88 Å². The zero-order chi connectivity index (χ0) is 19.8. The molecule has 0 fully saturated rings. The summed E-state index contributed by atoms with van der Waals surface area (Å²) in [6, 6.07) is 9.65. The highest BCUT2D eigenvalue weighted by Crippen LogP contribution is 2.31. The summed E-state index contributed by atoms with van der Waals surface area (Å²) in [5.41, 5.74) is 2.98. The number of aryl methyl sites for hydroxylation is 1. The first kappa shape index (κ1) is 18.0. The lowest BCUT2D eigenvalue weighted by atomic mass is 10.1. The third-order valence-electron chi connectivity index (χ3n) is 4.75. The summed E-state index contributed by atoms with van der Waals surface area (Å²) in [5.74, 6) is -2.23. The maximum Gasteiger partial charge on any atom is 0.224 e. The summed E-state index contributed by atoms with van der Waals surface area (Å²) in [5, 5.41) is 2.49. The number of Topliss-reactive ketones (excluding diaryl/α,β-unsaturated/α-hetero) is 1. The molecule has 4 rings (SSSR count). The fourth-order valence-corrected chi connectivity index (χ4v) is 3.38. The zero-order valence-electron chi connectivity index (χ0n) is 15.1. The number of nitrogens with zero attached hydrogens (tertiary/aromatic N) is 2. The molecule has 0 unspecified atom stereocenters. The fourth-order valence-electron chi connectivity index (χ4n) is 3.38. The van der Waals surface area contributed by atoms with Crippen molar-refractivity contribution in [2.24, 2.45) is 0 Å². The summed E-state index contributed by atoms with van der Waals surface area (Å²) in [6.45, 7) is 1.98. The first-order valence-corrected chi connectivity index (χ1v) is 8.86. The quantitative estimate of drug-likeness (QED) is 0.532. The number of rotatable bonds is 5. The number of ketones is 1. The van der Waals surface area contributed by atoms with Gasteiger partial charge in [-0.2, -0.15) is 0 Å². The number of carbonyl (C=O) groups excluding carboxylic acids is 2. The lowest BCUT2D eigenvalue weighted by Gasteiger charge is -2.09. The molecule has 7 heteroatoms. The van der Waals surface area contributed by atoms with E-state index in [-0.39, 0.29) is 17.7 Å². The molecule has 28 heavy (non-hydrogen) atoms. The normalized spacial score (nSPS) is 11.8. The second kappa shape index (κ2) is 6.99. The lowest BCUT2D eigenvalue weighted by Crippen LogP contribution is -2.15. The molecule has 2 heterocycles. The number of hydrogen-bond acceptors (Lipinski definition) is 3. The van der Waals surface area contributed by atoms with E-state index >= 15 is 0 Å². The SMILES string of the molecule is CC(=O)c1cc(F)c(F)cc1NC(=O)CCc1cn2c(n1)-c1ccccc1C2. The van der Waals surface area contributed by atoms with Gasteiger partial charge in [0.2, 0.25) is 5.91 Å². The topological polar surface area (TPSA) is 64.0 Å². The van der Waals surface area contributed by atoms with E-state index in [0.717, 1.165) is 35.8 Å². The molecule has 0 radical (unpaired) electrons. The van der Waals surface area contributed by atoms with E-state index in [1.165, 1.54) is 12.5 Å². The Balaban J connectivity index is 1.44. The molecule has 2 aromatic carbocycles. The number of amides is 1. The van der Waals surface area contributed by atoms with Gasteiger partial charge in [-0.3, -0.25) is 9.59 Å². The van der Waals surface area contributed by atoms with Gasteiger partial charge in [0.1, 0.15) is 5.82 Å². The van der Waals surface area contributed by atoms with Crippen LogP contribution in [0.3, 0.4) is 0 Å². The number of benzene rings is 2. The van der Waals surface area contributed by atoms with Crippen molar-refractivity contribution in [2.75, 3.05) is 5.32 Å². The number of hydrogen-bond donors (Lipinski definition) is 1. The van der Waals surface area contributed by atoms with E-state index in [0.29, 0.717) is 6.42 Å². The Morgan fingerprint density at radius 3 is 2.71 bits per heavy atom. The van der Waals surface area contributed by atoms with E-state index < -0.39 is 23.3 Å². The van der Waals surface area contributed by atoms with Crippen LogP contribution >= 0.6 is 0 Å². The molecule has 5 nitrogen and oxygen atoms in total. The number of anilines is 1. The second-order valence-electron chi connectivity index (χ2n) is 6.76. The van der Waals surface area contributed by atoms with Gasteiger partial charge in [0.05, 0.1) is 11.4 Å². The van der Waals surface area contributed by atoms with Crippen molar-refractivity contribution >= 4 is 17.4 Å². The van der Waals surface area contributed by atoms with Gasteiger partial charge in [-0.25, -0.2) is 13.8 Å². The van der Waals surface area contributed by atoms with Crippen LogP contribution in [0.1, 0.15) is 35.0 Å². The standard InChI is InChI=1S/C21H17F2N3O2/c1-12(27)16-8-17(22)18(23)9-19(16)25-20(28)7-6-14-11-26-10-13-4-2-3-5-15(13)21(26)24-14/h2-5,8-9,11H,6-7,10H2,1H3,(H,25,28). The molecule has 1 amide bonds. The van der Waals surface area contributed by atoms with Crippen molar-refractivity contribution in [2.45, 2.75) is 26.3 Å². The van der Waals surface area contributed by atoms with Gasteiger partial charge in [0, 0.05) is 36.4 Å². The number of nitrogens with one attached hydrogen (secondary N) is 1. The first-order chi connectivity index (χ1) is 13.4. The largest absolute Gasteiger partial charge is 0.326 e. The van der Waals surface area contributed by atoms with Crippen LogP contribution in [0.5, 0.6) is 0 Å². The number of fused-ring (bicyclic) bond motifs is 3. The molecule has 0 atom stereocenters. The fraction of sp³-hybridized carbons (Fsp3) is 0.190. The predicted molar refractivity (Wildman–Crippen MR) is 100 cm³/mol. The number of aromatic nitrogens is 2. The lowest BCUT2D eigenvalue weighted by molar-refractivity contribution is -0.116. The molecule has 1 aliphatic rings. The van der Waals surface area contributed by atoms with E-state index in [4.69, 9.17) is 0 Å². The van der Waals surface area contributed by atoms with Crippen LogP contribution in [-0.4, -0.2) is 21.2 Å². The van der Waals surface area contributed by atoms with Gasteiger partial charge in [-0.1, -0.05) is 24.3 Å². The highest BCUT2D eigenvalue weighted by atomic mass is 19.2. The molecule has 0 aliphatic carbocycles. The smallest absolute Gasteiger partial charge is 0.224 e. The predicted octanol–water partition coefficient (Wildman–Crippen LogP) is 3.96. The Morgan fingerprint density at radius 2 is 1.93 bits per heavy atom. The van der Waals surface area contributed by atoms with Crippen molar-refractivity contribution in [3.8, 4) is 11.4 Å². The van der Waals surface area contributed by atoms with E-state index in [1.54, 1.807) is 0 Å². The Morgan fingerprint density at radius 1 is 1.18 bits per heavy atom. The Kier molecular flexibility index (Phi) is 4.50. The van der Waals surface area contributed by atoms with Gasteiger partial charge in [-0.15, -0.1) is 0 Å². The molecule has 0 spiro atoms. The van der Waals surface area contributed by atoms with Crippen molar-refractivity contribution in [1.82, 2.24) is 9.55 Å². The molecule has 1 N–H and O–H groups in total. The Bertz CT molecular complexity index is 1110. The second-order valence-corrected chi connectivity index (χ2v) is 6.76. The van der Waals surface area contributed by atoms with Gasteiger partial charge >= 0.3 is 0 Å². The van der Waals surface area contributed by atoms with E-state index in [2.05, 4.69) is 16.4 Å². The molecule has 0 saturated carbocycles. The first-order valence-electron chi connectivity index (χ1n) is 8.86. The minimum atomic E-state index is -1.13. The maximum atomic E-state index is 13.5. The zero-order valence-corrected chi connectivity index (χ0v) is 15.1. The van der Waals surface area contributed by atoms with Gasteiger partial charge in [0.25, 0.3) is 0 Å². The van der Waals surface area contributed by atoms with Crippen LogP contribution in [0.4, 0.5) is 14.5 Å². The molecule has 142 valence electrons. The Hall–Kier alpha value is -3.35. The minimum Gasteiger partial charge on any atom is -0.326 e. The van der Waals surface area contributed by atoms with Crippen molar-refractivity contribution in [1.29, 1.82) is 0 Å². The average molecular weight is 381 g/mol. The molecular weight excluding hydrogens is 364 g/mol. The Labute approximate surface area is 160 Å². The summed E-state index contributed by atoms with van der Waals surface area (Å²) in [4.78, 5) is 28.5. The van der Waals surface area contributed by atoms with E-state index in [1.807, 2.05) is 29.0 Å². The summed E-state index contributed by atoms with van der Waals surface area (Å²) in [6.07, 6.45) is 2.42. The summed E-state index contributed by atoms with van der Waals surface area (Å²) < 4.78 is 28.9. The van der Waals surface area contributed by atoms with Crippen LogP contribution in [-0.2, 0) is 17.8 Å². The third-order valence-corrected chi connectivity index (χ3v) is 4.75. The van der Waals surface area contributed by atoms with Crippen molar-refractivity contribution in [3.05, 3.63) is 71.1 Å². The average Bonchev–Trinajstić information content (AvgIpc) is 3.20. The van der Waals surface area contributed by atoms with Gasteiger partial charge in [0.15, 0.2) is 17.4 Å². The summed E-state index contributed by atoms with van der Waals surface area (Å²) >= 11 is 0. The number of carbonyl (C=O) groups is 2. The van der Waals surface area contributed by atoms with Gasteiger partial charge in [-0.05, 0) is 25.0 Å². The van der Waals surface area contributed by atoms with Crippen molar-refractivity contribution in [3.63, 3.8) is 0 Å². The van der Waals surface area contributed by atoms with Crippen molar-refractivity contribution < 1.29 is 18.4 Å². The van der Waals surface area contributed by atoms with Crippen LogP contribution in [0.25, 0.3) is 11.4 Å². The van der Waals surface area contributed by atoms with Crippen LogP contribution in [0, 0.1) is 11.6 Å².